The SMILES string of the molecule is CC(C)C1C(=O)NC(CO)C(CC2CC2)=C1C(=O)C1=CC(C#N)CC(C#N)=C1. The third-order valence-corrected chi connectivity index (χ3v) is 5.70. The number of amides is 1. The van der Waals surface area contributed by atoms with Crippen molar-refractivity contribution in [2.75, 3.05) is 6.61 Å². The largest absolute Gasteiger partial charge is 0.394 e. The fourth-order valence-electron chi connectivity index (χ4n) is 4.10. The first-order chi connectivity index (χ1) is 13.4. The van der Waals surface area contributed by atoms with E-state index in [9.17, 15) is 25.2 Å². The van der Waals surface area contributed by atoms with Gasteiger partial charge in [0, 0.05) is 23.1 Å². The quantitative estimate of drug-likeness (QED) is 0.735. The van der Waals surface area contributed by atoms with Crippen molar-refractivity contribution < 1.29 is 14.7 Å². The molecule has 6 nitrogen and oxygen atoms in total. The van der Waals surface area contributed by atoms with Crippen LogP contribution in [-0.4, -0.2) is 29.4 Å². The van der Waals surface area contributed by atoms with Crippen LogP contribution in [0.5, 0.6) is 0 Å². The molecule has 0 spiro atoms. The van der Waals surface area contributed by atoms with E-state index < -0.39 is 17.9 Å². The summed E-state index contributed by atoms with van der Waals surface area (Å²) in [5.74, 6) is -1.30. The Morgan fingerprint density at radius 3 is 2.61 bits per heavy atom. The van der Waals surface area contributed by atoms with Gasteiger partial charge in [0.1, 0.15) is 0 Å². The van der Waals surface area contributed by atoms with Crippen molar-refractivity contribution in [1.29, 1.82) is 10.5 Å². The molecule has 2 aliphatic carbocycles. The van der Waals surface area contributed by atoms with Crippen molar-refractivity contribution in [3.63, 3.8) is 0 Å². The Morgan fingerprint density at radius 1 is 1.36 bits per heavy atom. The summed E-state index contributed by atoms with van der Waals surface area (Å²) in [4.78, 5) is 26.3. The molecule has 1 aliphatic heterocycles. The van der Waals surface area contributed by atoms with Gasteiger partial charge in [-0.1, -0.05) is 19.9 Å². The fraction of sp³-hybridized carbons (Fsp3) is 0.545. The second kappa shape index (κ2) is 8.12. The molecule has 0 aromatic rings. The Labute approximate surface area is 165 Å². The first kappa shape index (κ1) is 20.0. The van der Waals surface area contributed by atoms with E-state index in [1.54, 1.807) is 6.08 Å². The zero-order valence-corrected chi connectivity index (χ0v) is 16.2. The van der Waals surface area contributed by atoms with E-state index in [0.29, 0.717) is 35.5 Å². The molecule has 1 heterocycles. The molecule has 0 bridgehead atoms. The van der Waals surface area contributed by atoms with Crippen LogP contribution in [0.1, 0.15) is 39.5 Å². The molecule has 3 unspecified atom stereocenters. The molecule has 146 valence electrons. The number of nitrogens with zero attached hydrogens (tertiary/aromatic N) is 2. The Bertz CT molecular complexity index is 862. The smallest absolute Gasteiger partial charge is 0.228 e. The number of rotatable bonds is 6. The lowest BCUT2D eigenvalue weighted by molar-refractivity contribution is -0.128. The van der Waals surface area contributed by atoms with Crippen LogP contribution < -0.4 is 5.32 Å². The zero-order valence-electron chi connectivity index (χ0n) is 16.2. The molecule has 0 aromatic carbocycles. The van der Waals surface area contributed by atoms with Gasteiger partial charge in [-0.2, -0.15) is 10.5 Å². The summed E-state index contributed by atoms with van der Waals surface area (Å²) in [6, 6.07) is 3.61. The molecule has 28 heavy (non-hydrogen) atoms. The number of carbonyl (C=O) groups excluding carboxylic acids is 2. The summed E-state index contributed by atoms with van der Waals surface area (Å²) < 4.78 is 0. The van der Waals surface area contributed by atoms with Gasteiger partial charge in [-0.05, 0) is 42.7 Å². The molecule has 0 radical (unpaired) electrons. The normalized spacial score (nSPS) is 27.5. The summed E-state index contributed by atoms with van der Waals surface area (Å²) in [6.45, 7) is 3.54. The second-order valence-corrected chi connectivity index (χ2v) is 8.22. The van der Waals surface area contributed by atoms with Gasteiger partial charge >= 0.3 is 0 Å². The van der Waals surface area contributed by atoms with Gasteiger partial charge in [0.05, 0.1) is 36.6 Å². The van der Waals surface area contributed by atoms with Crippen LogP contribution in [0.3, 0.4) is 0 Å². The highest BCUT2D eigenvalue weighted by atomic mass is 16.3. The van der Waals surface area contributed by atoms with Crippen molar-refractivity contribution in [2.45, 2.75) is 45.6 Å². The molecule has 1 saturated carbocycles. The third-order valence-electron chi connectivity index (χ3n) is 5.70. The van der Waals surface area contributed by atoms with Crippen LogP contribution in [0.15, 0.2) is 34.4 Å². The molecule has 3 aliphatic rings. The molecule has 1 amide bonds. The number of nitriles is 2. The highest BCUT2D eigenvalue weighted by molar-refractivity contribution is 6.14. The number of aliphatic hydroxyl groups is 1. The van der Waals surface area contributed by atoms with Crippen molar-refractivity contribution in [3.8, 4) is 12.1 Å². The van der Waals surface area contributed by atoms with Crippen LogP contribution in [0, 0.1) is 46.3 Å². The molecule has 2 N–H and O–H groups in total. The van der Waals surface area contributed by atoms with Crippen LogP contribution in [0.25, 0.3) is 0 Å². The molecular formula is C22H25N3O3. The highest BCUT2D eigenvalue weighted by Gasteiger charge is 2.42. The standard InChI is InChI=1S/C22H25N3O3/c1-12(2)19-20(17(8-13-3-4-13)18(11-26)25-22(19)28)21(27)16-6-14(9-23)5-15(7-16)10-24/h6-7,12-14,18-19,26H,3-5,8,11H2,1-2H3,(H,25,28). The molecular weight excluding hydrogens is 354 g/mol. The van der Waals surface area contributed by atoms with E-state index in [-0.39, 0.29) is 24.2 Å². The molecule has 6 heteroatoms. The molecule has 0 saturated heterocycles. The van der Waals surface area contributed by atoms with Crippen molar-refractivity contribution in [1.82, 2.24) is 5.32 Å². The minimum absolute atomic E-state index is 0.0943. The summed E-state index contributed by atoms with van der Waals surface area (Å²) in [5, 5.41) is 31.3. The molecule has 0 aromatic heterocycles. The van der Waals surface area contributed by atoms with Gasteiger partial charge in [0.15, 0.2) is 5.78 Å². The van der Waals surface area contributed by atoms with Crippen LogP contribution in [-0.2, 0) is 9.59 Å². The maximum Gasteiger partial charge on any atom is 0.228 e. The van der Waals surface area contributed by atoms with E-state index in [1.165, 1.54) is 6.08 Å². The number of ketones is 1. The van der Waals surface area contributed by atoms with Crippen LogP contribution >= 0.6 is 0 Å². The maximum atomic E-state index is 13.6. The Hall–Kier alpha value is -2.70. The van der Waals surface area contributed by atoms with E-state index in [2.05, 4.69) is 17.5 Å². The van der Waals surface area contributed by atoms with E-state index in [4.69, 9.17) is 0 Å². The lowest BCUT2D eigenvalue weighted by Gasteiger charge is -2.35. The monoisotopic (exact) mass is 379 g/mol. The van der Waals surface area contributed by atoms with Gasteiger partial charge in [0.25, 0.3) is 0 Å². The summed E-state index contributed by atoms with van der Waals surface area (Å²) in [6.07, 6.45) is 6.28. The van der Waals surface area contributed by atoms with Gasteiger partial charge in [0.2, 0.25) is 5.91 Å². The van der Waals surface area contributed by atoms with Crippen molar-refractivity contribution in [2.24, 2.45) is 23.7 Å². The lowest BCUT2D eigenvalue weighted by atomic mass is 9.74. The van der Waals surface area contributed by atoms with E-state index in [1.807, 2.05) is 13.8 Å². The number of Topliss-reactive ketones (excluding diaryl/α,β-unsaturated/α-hetero) is 1. The molecule has 3 rings (SSSR count). The predicted octanol–water partition coefficient (Wildman–Crippen LogP) is 2.33. The molecule has 1 fully saturated rings. The van der Waals surface area contributed by atoms with Gasteiger partial charge in [-0.3, -0.25) is 9.59 Å². The fourth-order valence-corrected chi connectivity index (χ4v) is 4.10. The zero-order chi connectivity index (χ0) is 20.4. The summed E-state index contributed by atoms with van der Waals surface area (Å²) >= 11 is 0. The first-order valence-corrected chi connectivity index (χ1v) is 9.80. The second-order valence-electron chi connectivity index (χ2n) is 8.22. The minimum atomic E-state index is -0.605. The number of carbonyl (C=O) groups is 2. The topological polar surface area (TPSA) is 114 Å². The lowest BCUT2D eigenvalue weighted by Crippen LogP contribution is -2.50. The third kappa shape index (κ3) is 3.93. The number of hydrogen-bond acceptors (Lipinski definition) is 5. The van der Waals surface area contributed by atoms with Gasteiger partial charge < -0.3 is 10.4 Å². The number of nitrogens with one attached hydrogen (secondary N) is 1. The number of aliphatic hydroxyl groups excluding tert-OH is 1. The van der Waals surface area contributed by atoms with Gasteiger partial charge in [-0.15, -0.1) is 0 Å². The predicted molar refractivity (Wildman–Crippen MR) is 102 cm³/mol. The Kier molecular flexibility index (Phi) is 5.82. The Morgan fingerprint density at radius 2 is 2.07 bits per heavy atom. The average Bonchev–Trinajstić information content (AvgIpc) is 3.51. The van der Waals surface area contributed by atoms with Crippen LogP contribution in [0.4, 0.5) is 0 Å². The highest BCUT2D eigenvalue weighted by Crippen LogP contribution is 2.41. The van der Waals surface area contributed by atoms with E-state index >= 15 is 0 Å². The molecule has 3 atom stereocenters. The van der Waals surface area contributed by atoms with Crippen LogP contribution in [0.2, 0.25) is 0 Å². The van der Waals surface area contributed by atoms with E-state index in [0.717, 1.165) is 18.4 Å². The average molecular weight is 379 g/mol. The Balaban J connectivity index is 2.12. The summed E-state index contributed by atoms with van der Waals surface area (Å²) in [7, 11) is 0. The minimum Gasteiger partial charge on any atom is -0.394 e. The first-order valence-electron chi connectivity index (χ1n) is 9.80. The van der Waals surface area contributed by atoms with Gasteiger partial charge in [-0.25, -0.2) is 0 Å². The summed E-state index contributed by atoms with van der Waals surface area (Å²) in [5.41, 5.74) is 1.94. The number of allylic oxidation sites excluding steroid dienone is 4. The maximum absolute atomic E-state index is 13.6. The van der Waals surface area contributed by atoms with Crippen molar-refractivity contribution >= 4 is 11.7 Å². The van der Waals surface area contributed by atoms with Crippen molar-refractivity contribution in [3.05, 3.63) is 34.4 Å². The number of hydrogen-bond donors (Lipinski definition) is 2.